The van der Waals surface area contributed by atoms with Gasteiger partial charge in [-0.2, -0.15) is 5.10 Å². The Hall–Kier alpha value is -4.40. The second kappa shape index (κ2) is 8.76. The van der Waals surface area contributed by atoms with Gasteiger partial charge in [-0.05, 0) is 48.5 Å². The molecule has 0 fully saturated rings. The molecule has 2 heterocycles. The lowest BCUT2D eigenvalue weighted by Gasteiger charge is -2.10. The van der Waals surface area contributed by atoms with Crippen molar-refractivity contribution in [2.75, 3.05) is 26.6 Å². The summed E-state index contributed by atoms with van der Waals surface area (Å²) in [7, 11) is 4.45. The van der Waals surface area contributed by atoms with E-state index in [1.54, 1.807) is 67.4 Å². The van der Waals surface area contributed by atoms with Crippen LogP contribution in [0.4, 0.5) is 5.69 Å². The van der Waals surface area contributed by atoms with Crippen LogP contribution in [-0.2, 0) is 4.74 Å². The summed E-state index contributed by atoms with van der Waals surface area (Å²) < 4.78 is 17.0. The number of aromatic nitrogens is 3. The van der Waals surface area contributed by atoms with Crippen LogP contribution < -0.4 is 14.8 Å². The Morgan fingerprint density at radius 3 is 2.34 bits per heavy atom. The molecule has 1 N–H and O–H groups in total. The number of nitrogens with one attached hydrogen (secondary N) is 1. The first-order valence-corrected chi connectivity index (χ1v) is 9.61. The van der Waals surface area contributed by atoms with Gasteiger partial charge in [-0.1, -0.05) is 0 Å². The van der Waals surface area contributed by atoms with Crippen molar-refractivity contribution in [2.24, 2.45) is 0 Å². The quantitative estimate of drug-likeness (QED) is 0.465. The van der Waals surface area contributed by atoms with E-state index in [0.717, 1.165) is 11.3 Å². The molecule has 0 saturated carbocycles. The number of carbonyl (C=O) groups is 2. The van der Waals surface area contributed by atoms with Crippen molar-refractivity contribution in [3.63, 3.8) is 0 Å². The Morgan fingerprint density at radius 2 is 1.66 bits per heavy atom. The van der Waals surface area contributed by atoms with Crippen LogP contribution in [0.15, 0.2) is 60.8 Å². The maximum Gasteiger partial charge on any atom is 0.337 e. The van der Waals surface area contributed by atoms with E-state index in [1.165, 1.54) is 7.11 Å². The predicted molar refractivity (Wildman–Crippen MR) is 117 cm³/mol. The molecule has 162 valence electrons. The lowest BCUT2D eigenvalue weighted by Crippen LogP contribution is -2.13. The van der Waals surface area contributed by atoms with Gasteiger partial charge >= 0.3 is 5.97 Å². The highest BCUT2D eigenvalue weighted by Gasteiger charge is 2.16. The third-order valence-corrected chi connectivity index (χ3v) is 4.83. The molecule has 2 aromatic carbocycles. The molecule has 0 radical (unpaired) electrons. The fourth-order valence-electron chi connectivity index (χ4n) is 3.22. The summed E-state index contributed by atoms with van der Waals surface area (Å²) in [4.78, 5) is 28.6. The molecule has 0 aliphatic carbocycles. The Kier molecular flexibility index (Phi) is 5.71. The summed E-state index contributed by atoms with van der Waals surface area (Å²) in [6.45, 7) is 0. The van der Waals surface area contributed by atoms with E-state index in [4.69, 9.17) is 9.47 Å². The molecular formula is C23H20N4O5. The second-order valence-electron chi connectivity index (χ2n) is 6.72. The highest BCUT2D eigenvalue weighted by molar-refractivity contribution is 6.03. The topological polar surface area (TPSA) is 104 Å². The normalized spacial score (nSPS) is 10.6. The van der Waals surface area contributed by atoms with Crippen molar-refractivity contribution in [1.29, 1.82) is 0 Å². The van der Waals surface area contributed by atoms with Crippen molar-refractivity contribution in [3.05, 3.63) is 72.1 Å². The molecule has 0 spiro atoms. The van der Waals surface area contributed by atoms with Gasteiger partial charge < -0.3 is 19.5 Å². The standard InChI is InChI=1S/C23H20N4O5/c1-30-19-9-6-15(12-20(19)31-2)18-10-11-24-21-13-17(26-27(18)21)22(28)25-16-7-4-14(5-8-16)23(29)32-3/h4-13H,1-3H3,(H,25,28). The Morgan fingerprint density at radius 1 is 0.906 bits per heavy atom. The van der Waals surface area contributed by atoms with Crippen LogP contribution in [0.5, 0.6) is 11.5 Å². The van der Waals surface area contributed by atoms with Crippen LogP contribution in [0.3, 0.4) is 0 Å². The molecule has 4 rings (SSSR count). The summed E-state index contributed by atoms with van der Waals surface area (Å²) in [5.74, 6) is 0.340. The Balaban J connectivity index is 1.63. The lowest BCUT2D eigenvalue weighted by molar-refractivity contribution is 0.0600. The van der Waals surface area contributed by atoms with E-state index in [-0.39, 0.29) is 5.69 Å². The van der Waals surface area contributed by atoms with Crippen molar-refractivity contribution < 1.29 is 23.8 Å². The van der Waals surface area contributed by atoms with Gasteiger partial charge in [-0.3, -0.25) is 4.79 Å². The number of esters is 1. The molecule has 9 nitrogen and oxygen atoms in total. The Bertz CT molecular complexity index is 1300. The van der Waals surface area contributed by atoms with E-state index in [9.17, 15) is 9.59 Å². The number of ether oxygens (including phenoxy) is 3. The summed E-state index contributed by atoms with van der Waals surface area (Å²) in [6, 6.07) is 15.3. The van der Waals surface area contributed by atoms with Gasteiger partial charge in [0.25, 0.3) is 5.91 Å². The summed E-state index contributed by atoms with van der Waals surface area (Å²) in [6.07, 6.45) is 1.65. The molecular weight excluding hydrogens is 412 g/mol. The lowest BCUT2D eigenvalue weighted by atomic mass is 10.1. The number of hydrogen-bond acceptors (Lipinski definition) is 7. The van der Waals surface area contributed by atoms with E-state index >= 15 is 0 Å². The third-order valence-electron chi connectivity index (χ3n) is 4.83. The van der Waals surface area contributed by atoms with Crippen LogP contribution in [-0.4, -0.2) is 47.8 Å². The molecule has 0 aliphatic heterocycles. The minimum absolute atomic E-state index is 0.197. The van der Waals surface area contributed by atoms with Gasteiger partial charge in [0.05, 0.1) is 32.6 Å². The molecule has 32 heavy (non-hydrogen) atoms. The fraction of sp³-hybridized carbons (Fsp3) is 0.130. The van der Waals surface area contributed by atoms with E-state index in [2.05, 4.69) is 20.1 Å². The number of hydrogen-bond donors (Lipinski definition) is 1. The van der Waals surface area contributed by atoms with Crippen LogP contribution in [0, 0.1) is 0 Å². The van der Waals surface area contributed by atoms with Crippen LogP contribution in [0.1, 0.15) is 20.8 Å². The maximum absolute atomic E-state index is 12.7. The summed E-state index contributed by atoms with van der Waals surface area (Å²) in [5.41, 5.74) is 3.18. The molecule has 0 bridgehead atoms. The zero-order valence-electron chi connectivity index (χ0n) is 17.7. The zero-order chi connectivity index (χ0) is 22.7. The van der Waals surface area contributed by atoms with E-state index < -0.39 is 11.9 Å². The maximum atomic E-state index is 12.7. The number of anilines is 1. The number of rotatable bonds is 6. The number of amides is 1. The monoisotopic (exact) mass is 432 g/mol. The largest absolute Gasteiger partial charge is 0.493 e. The first-order valence-electron chi connectivity index (χ1n) is 9.61. The predicted octanol–water partition coefficient (Wildman–Crippen LogP) is 3.45. The van der Waals surface area contributed by atoms with Crippen molar-refractivity contribution >= 4 is 23.2 Å². The molecule has 4 aromatic rings. The minimum Gasteiger partial charge on any atom is -0.493 e. The third kappa shape index (κ3) is 3.95. The fourth-order valence-corrected chi connectivity index (χ4v) is 3.22. The SMILES string of the molecule is COC(=O)c1ccc(NC(=O)c2cc3nccc(-c4ccc(OC)c(OC)c4)n3n2)cc1. The Labute approximate surface area is 183 Å². The average molecular weight is 432 g/mol. The van der Waals surface area contributed by atoms with Crippen LogP contribution in [0.25, 0.3) is 16.9 Å². The van der Waals surface area contributed by atoms with Gasteiger partial charge in [-0.15, -0.1) is 0 Å². The number of nitrogens with zero attached hydrogens (tertiary/aromatic N) is 3. The molecule has 2 aromatic heterocycles. The second-order valence-corrected chi connectivity index (χ2v) is 6.72. The first-order chi connectivity index (χ1) is 15.5. The molecule has 0 saturated heterocycles. The number of fused-ring (bicyclic) bond motifs is 1. The van der Waals surface area contributed by atoms with Gasteiger partial charge in [0.2, 0.25) is 0 Å². The minimum atomic E-state index is -0.447. The van der Waals surface area contributed by atoms with Gasteiger partial charge in [0.15, 0.2) is 22.8 Å². The molecule has 0 aliphatic rings. The van der Waals surface area contributed by atoms with Gasteiger partial charge in [0.1, 0.15) is 0 Å². The van der Waals surface area contributed by atoms with Gasteiger partial charge in [-0.25, -0.2) is 14.3 Å². The molecule has 0 atom stereocenters. The van der Waals surface area contributed by atoms with Crippen molar-refractivity contribution in [2.45, 2.75) is 0 Å². The number of benzene rings is 2. The summed E-state index contributed by atoms with van der Waals surface area (Å²) >= 11 is 0. The van der Waals surface area contributed by atoms with Crippen molar-refractivity contribution in [1.82, 2.24) is 14.6 Å². The number of methoxy groups -OCH3 is 3. The van der Waals surface area contributed by atoms with Crippen LogP contribution >= 0.6 is 0 Å². The van der Waals surface area contributed by atoms with Gasteiger partial charge in [0, 0.05) is 23.5 Å². The first kappa shape index (κ1) is 20.9. The summed E-state index contributed by atoms with van der Waals surface area (Å²) in [5, 5.41) is 7.20. The highest BCUT2D eigenvalue weighted by atomic mass is 16.5. The zero-order valence-corrected chi connectivity index (χ0v) is 17.7. The van der Waals surface area contributed by atoms with E-state index in [0.29, 0.717) is 28.4 Å². The molecule has 1 amide bonds. The highest BCUT2D eigenvalue weighted by Crippen LogP contribution is 2.32. The molecule has 0 unspecified atom stereocenters. The average Bonchev–Trinajstić information content (AvgIpc) is 3.28. The smallest absolute Gasteiger partial charge is 0.337 e. The molecule has 9 heteroatoms. The van der Waals surface area contributed by atoms with Crippen molar-refractivity contribution in [3.8, 4) is 22.8 Å². The number of carbonyl (C=O) groups excluding carboxylic acids is 2. The van der Waals surface area contributed by atoms with Crippen LogP contribution in [0.2, 0.25) is 0 Å². The van der Waals surface area contributed by atoms with E-state index in [1.807, 2.05) is 12.1 Å².